The minimum atomic E-state index is -0.851. The van der Waals surface area contributed by atoms with Gasteiger partial charge in [-0.05, 0) is 52.1 Å². The minimum Gasteiger partial charge on any atom is -0.481 e. The fraction of sp³-hybridized carbons (Fsp3) is 0.867. The zero-order chi connectivity index (χ0) is 15.3. The van der Waals surface area contributed by atoms with Gasteiger partial charge in [0.05, 0.1) is 12.0 Å². The highest BCUT2D eigenvalue weighted by molar-refractivity contribution is 5.77. The normalized spacial score (nSPS) is 22.9. The summed E-state index contributed by atoms with van der Waals surface area (Å²) >= 11 is 0. The summed E-state index contributed by atoms with van der Waals surface area (Å²) in [5.74, 6) is -0.851. The molecule has 1 saturated carbocycles. The molecular formula is C15H27N3O3. The number of likely N-dealkylation sites (tertiary alicyclic amines) is 1. The van der Waals surface area contributed by atoms with Gasteiger partial charge in [-0.1, -0.05) is 6.42 Å². The maximum absolute atomic E-state index is 12.1. The molecule has 1 heterocycles. The number of urea groups is 1. The van der Waals surface area contributed by atoms with E-state index in [9.17, 15) is 9.59 Å². The molecule has 2 fully saturated rings. The molecule has 1 aliphatic heterocycles. The molecule has 0 radical (unpaired) electrons. The van der Waals surface area contributed by atoms with Crippen molar-refractivity contribution in [1.82, 2.24) is 15.5 Å². The average Bonchev–Trinajstić information content (AvgIpc) is 2.36. The number of piperidine rings is 1. The van der Waals surface area contributed by atoms with Crippen LogP contribution in [0.4, 0.5) is 4.79 Å². The van der Waals surface area contributed by atoms with Crippen LogP contribution in [0.25, 0.3) is 0 Å². The van der Waals surface area contributed by atoms with Crippen molar-refractivity contribution in [3.05, 3.63) is 0 Å². The van der Waals surface area contributed by atoms with E-state index in [0.29, 0.717) is 0 Å². The summed E-state index contributed by atoms with van der Waals surface area (Å²) in [7, 11) is 0. The Morgan fingerprint density at radius 1 is 1.19 bits per heavy atom. The summed E-state index contributed by atoms with van der Waals surface area (Å²) in [6.45, 7) is 5.07. The molecule has 0 spiro atoms. The highest BCUT2D eigenvalue weighted by atomic mass is 16.4. The molecule has 3 N–H and O–H groups in total. The van der Waals surface area contributed by atoms with E-state index in [4.69, 9.17) is 5.11 Å². The predicted molar refractivity (Wildman–Crippen MR) is 80.3 cm³/mol. The van der Waals surface area contributed by atoms with Gasteiger partial charge in [-0.25, -0.2) is 4.79 Å². The molecule has 0 aromatic heterocycles. The maximum Gasteiger partial charge on any atom is 0.315 e. The van der Waals surface area contributed by atoms with Crippen LogP contribution in [-0.4, -0.2) is 53.2 Å². The third-order valence-electron chi connectivity index (χ3n) is 4.54. The number of carbonyl (C=O) groups excluding carboxylic acids is 1. The van der Waals surface area contributed by atoms with Crippen molar-refractivity contribution in [3.8, 4) is 0 Å². The smallest absolute Gasteiger partial charge is 0.315 e. The van der Waals surface area contributed by atoms with Crippen molar-refractivity contribution in [3.63, 3.8) is 0 Å². The molecule has 6 nitrogen and oxygen atoms in total. The molecular weight excluding hydrogens is 270 g/mol. The fourth-order valence-electron chi connectivity index (χ4n) is 3.31. The Hall–Kier alpha value is -1.30. The first-order valence-corrected chi connectivity index (χ1v) is 8.02. The summed E-state index contributed by atoms with van der Waals surface area (Å²) in [6, 6.07) is -0.162. The Morgan fingerprint density at radius 2 is 1.86 bits per heavy atom. The number of amides is 2. The van der Waals surface area contributed by atoms with Crippen LogP contribution in [0, 0.1) is 0 Å². The summed E-state index contributed by atoms with van der Waals surface area (Å²) in [6.07, 6.45) is 6.29. The van der Waals surface area contributed by atoms with Gasteiger partial charge < -0.3 is 20.6 Å². The zero-order valence-corrected chi connectivity index (χ0v) is 12.9. The first-order valence-electron chi connectivity index (χ1n) is 8.02. The van der Waals surface area contributed by atoms with E-state index in [1.165, 1.54) is 19.3 Å². The third-order valence-corrected chi connectivity index (χ3v) is 4.54. The van der Waals surface area contributed by atoms with Gasteiger partial charge in [-0.3, -0.25) is 4.79 Å². The second-order valence-electron chi connectivity index (χ2n) is 6.57. The van der Waals surface area contributed by atoms with Gasteiger partial charge in [-0.15, -0.1) is 0 Å². The standard InChI is InChI=1S/C15H27N3O3/c1-12(11-18-8-3-2-4-9-18)16-14(21)17-15(6-5-7-15)10-13(19)20/h12H,2-11H2,1H3,(H,19,20)(H2,16,17,21). The Balaban J connectivity index is 1.73. The Kier molecular flexibility index (Phi) is 5.45. The number of nitrogens with zero attached hydrogens (tertiary/aromatic N) is 1. The molecule has 1 saturated heterocycles. The van der Waals surface area contributed by atoms with E-state index in [1.54, 1.807) is 0 Å². The van der Waals surface area contributed by atoms with Crippen molar-refractivity contribution in [1.29, 1.82) is 0 Å². The first kappa shape index (κ1) is 16.1. The second kappa shape index (κ2) is 7.11. The first-order chi connectivity index (χ1) is 9.99. The van der Waals surface area contributed by atoms with Crippen LogP contribution in [-0.2, 0) is 4.79 Å². The maximum atomic E-state index is 12.1. The van der Waals surface area contributed by atoms with E-state index in [1.807, 2.05) is 6.92 Å². The molecule has 6 heteroatoms. The van der Waals surface area contributed by atoms with Crippen molar-refractivity contribution in [2.24, 2.45) is 0 Å². The molecule has 1 atom stereocenters. The lowest BCUT2D eigenvalue weighted by Gasteiger charge is -2.41. The van der Waals surface area contributed by atoms with Gasteiger partial charge in [0.25, 0.3) is 0 Å². The van der Waals surface area contributed by atoms with Gasteiger partial charge in [0.2, 0.25) is 0 Å². The second-order valence-corrected chi connectivity index (χ2v) is 6.57. The predicted octanol–water partition coefficient (Wildman–Crippen LogP) is 1.56. The number of aliphatic carboxylic acids is 1. The van der Waals surface area contributed by atoms with E-state index in [-0.39, 0.29) is 18.5 Å². The van der Waals surface area contributed by atoms with Crippen molar-refractivity contribution >= 4 is 12.0 Å². The third kappa shape index (κ3) is 4.88. The van der Waals surface area contributed by atoms with Crippen LogP contribution in [0.3, 0.4) is 0 Å². The van der Waals surface area contributed by atoms with Crippen LogP contribution in [0.5, 0.6) is 0 Å². The van der Waals surface area contributed by atoms with E-state index >= 15 is 0 Å². The highest BCUT2D eigenvalue weighted by Crippen LogP contribution is 2.34. The van der Waals surface area contributed by atoms with Gasteiger partial charge in [0, 0.05) is 12.6 Å². The summed E-state index contributed by atoms with van der Waals surface area (Å²) in [5, 5.41) is 14.8. The number of nitrogens with one attached hydrogen (secondary N) is 2. The molecule has 1 unspecified atom stereocenters. The average molecular weight is 297 g/mol. The fourth-order valence-corrected chi connectivity index (χ4v) is 3.31. The van der Waals surface area contributed by atoms with Gasteiger partial charge in [-0.2, -0.15) is 0 Å². The lowest BCUT2D eigenvalue weighted by molar-refractivity contribution is -0.139. The van der Waals surface area contributed by atoms with Crippen LogP contribution in [0.1, 0.15) is 51.9 Å². The molecule has 2 amide bonds. The summed E-state index contributed by atoms with van der Waals surface area (Å²) < 4.78 is 0. The molecule has 0 aromatic carbocycles. The summed E-state index contributed by atoms with van der Waals surface area (Å²) in [5.41, 5.74) is -0.527. The number of carboxylic acids is 1. The topological polar surface area (TPSA) is 81.7 Å². The van der Waals surface area contributed by atoms with Crippen LogP contribution in [0.15, 0.2) is 0 Å². The lowest BCUT2D eigenvalue weighted by atomic mass is 9.74. The largest absolute Gasteiger partial charge is 0.481 e. The monoisotopic (exact) mass is 297 g/mol. The van der Waals surface area contributed by atoms with E-state index < -0.39 is 11.5 Å². The van der Waals surface area contributed by atoms with Crippen molar-refractivity contribution in [2.75, 3.05) is 19.6 Å². The van der Waals surface area contributed by atoms with Gasteiger partial charge >= 0.3 is 12.0 Å². The number of rotatable bonds is 6. The molecule has 0 bridgehead atoms. The zero-order valence-electron chi connectivity index (χ0n) is 12.9. The van der Waals surface area contributed by atoms with Crippen LogP contribution >= 0.6 is 0 Å². The van der Waals surface area contributed by atoms with Crippen LogP contribution < -0.4 is 10.6 Å². The number of hydrogen-bond acceptors (Lipinski definition) is 3. The van der Waals surface area contributed by atoms with E-state index in [0.717, 1.165) is 38.9 Å². The molecule has 1 aliphatic carbocycles. The Labute approximate surface area is 126 Å². The molecule has 21 heavy (non-hydrogen) atoms. The minimum absolute atomic E-state index is 0.0148. The molecule has 120 valence electrons. The molecule has 2 aliphatic rings. The number of carboxylic acid groups (broad SMARTS) is 1. The van der Waals surface area contributed by atoms with Crippen molar-refractivity contribution in [2.45, 2.75) is 63.5 Å². The summed E-state index contributed by atoms with van der Waals surface area (Å²) in [4.78, 5) is 25.3. The molecule has 2 rings (SSSR count). The van der Waals surface area contributed by atoms with Crippen molar-refractivity contribution < 1.29 is 14.7 Å². The molecule has 0 aromatic rings. The SMILES string of the molecule is CC(CN1CCCCC1)NC(=O)NC1(CC(=O)O)CCC1. The number of carbonyl (C=O) groups is 2. The Bertz CT molecular complexity index is 376. The lowest BCUT2D eigenvalue weighted by Crippen LogP contribution is -2.59. The quantitative estimate of drug-likeness (QED) is 0.695. The van der Waals surface area contributed by atoms with Gasteiger partial charge in [0.1, 0.15) is 0 Å². The Morgan fingerprint density at radius 3 is 2.38 bits per heavy atom. The van der Waals surface area contributed by atoms with Gasteiger partial charge in [0.15, 0.2) is 0 Å². The highest BCUT2D eigenvalue weighted by Gasteiger charge is 2.40. The van der Waals surface area contributed by atoms with Crippen LogP contribution in [0.2, 0.25) is 0 Å². The van der Waals surface area contributed by atoms with E-state index in [2.05, 4.69) is 15.5 Å². The number of hydrogen-bond donors (Lipinski definition) is 3.